The minimum Gasteiger partial charge on any atom is -0.457 e. The quantitative estimate of drug-likeness (QED) is 0.300. The second-order valence-electron chi connectivity index (χ2n) is 9.27. The normalized spacial score (nSPS) is 11.3. The van der Waals surface area contributed by atoms with E-state index < -0.39 is 0 Å². The largest absolute Gasteiger partial charge is 0.457 e. The Balaban J connectivity index is 1.50. The third-order valence-electron chi connectivity index (χ3n) is 6.72. The molecule has 33 heavy (non-hydrogen) atoms. The van der Waals surface area contributed by atoms with E-state index in [2.05, 4.69) is 102 Å². The molecule has 0 spiro atoms. The van der Waals surface area contributed by atoms with Crippen molar-refractivity contribution in [3.63, 3.8) is 0 Å². The molecular weight excluding hydrogens is 404 g/mol. The minimum atomic E-state index is -0.143. The number of aryl methyl sites for hydroxylation is 2. The first-order valence-electron chi connectivity index (χ1n) is 11.4. The number of hydrogen-bond donors (Lipinski definition) is 0. The fourth-order valence-electron chi connectivity index (χ4n) is 3.97. The van der Waals surface area contributed by atoms with Gasteiger partial charge in [0.2, 0.25) is 0 Å². The summed E-state index contributed by atoms with van der Waals surface area (Å²) in [6.45, 7) is 12.9. The molecule has 0 saturated heterocycles. The van der Waals surface area contributed by atoms with Gasteiger partial charge in [0, 0.05) is 5.41 Å². The summed E-state index contributed by atoms with van der Waals surface area (Å²) in [7, 11) is 0. The summed E-state index contributed by atoms with van der Waals surface area (Å²) >= 11 is 0. The summed E-state index contributed by atoms with van der Waals surface area (Å²) in [6, 6.07) is 29.1. The Morgan fingerprint density at radius 2 is 0.848 bits per heavy atom. The van der Waals surface area contributed by atoms with Crippen molar-refractivity contribution in [2.45, 2.75) is 47.0 Å². The summed E-state index contributed by atoms with van der Waals surface area (Å²) in [5.74, 6) is 3.50. The van der Waals surface area contributed by atoms with Crippen LogP contribution in [0.4, 0.5) is 0 Å². The maximum absolute atomic E-state index is 6.14. The maximum atomic E-state index is 6.14. The van der Waals surface area contributed by atoms with Gasteiger partial charge in [-0.1, -0.05) is 62.4 Å². The third kappa shape index (κ3) is 4.80. The molecule has 2 heteroatoms. The molecule has 2 nitrogen and oxygen atoms in total. The molecule has 0 unspecified atom stereocenters. The number of hydrogen-bond acceptors (Lipinski definition) is 2. The zero-order valence-electron chi connectivity index (χ0n) is 20.4. The van der Waals surface area contributed by atoms with Gasteiger partial charge >= 0.3 is 0 Å². The van der Waals surface area contributed by atoms with Crippen molar-refractivity contribution in [2.24, 2.45) is 0 Å². The molecule has 0 fully saturated rings. The minimum absolute atomic E-state index is 0.143. The molecule has 0 amide bonds. The second-order valence-corrected chi connectivity index (χ2v) is 9.27. The molecule has 4 aromatic carbocycles. The van der Waals surface area contributed by atoms with Gasteiger partial charge in [-0.05, 0) is 97.5 Å². The van der Waals surface area contributed by atoms with E-state index in [4.69, 9.17) is 9.47 Å². The van der Waals surface area contributed by atoms with E-state index in [9.17, 15) is 0 Å². The Morgan fingerprint density at radius 3 is 1.21 bits per heavy atom. The van der Waals surface area contributed by atoms with Crippen LogP contribution in [0, 0.1) is 27.7 Å². The average molecular weight is 437 g/mol. The van der Waals surface area contributed by atoms with Gasteiger partial charge < -0.3 is 9.47 Å². The van der Waals surface area contributed by atoms with Gasteiger partial charge in [-0.3, -0.25) is 0 Å². The molecule has 168 valence electrons. The molecular formula is C31H32O2. The van der Waals surface area contributed by atoms with Gasteiger partial charge in [0.25, 0.3) is 0 Å². The molecule has 4 aromatic rings. The Morgan fingerprint density at radius 1 is 0.485 bits per heavy atom. The highest BCUT2D eigenvalue weighted by Gasteiger charge is 2.23. The highest BCUT2D eigenvalue weighted by Crippen LogP contribution is 2.35. The maximum Gasteiger partial charge on any atom is 0.130 e. The Kier molecular flexibility index (Phi) is 6.29. The van der Waals surface area contributed by atoms with Crippen molar-refractivity contribution < 1.29 is 9.47 Å². The molecule has 0 radical (unpaired) electrons. The molecule has 0 bridgehead atoms. The predicted molar refractivity (Wildman–Crippen MR) is 137 cm³/mol. The predicted octanol–water partition coefficient (Wildman–Crippen LogP) is 8.83. The second kappa shape index (κ2) is 9.15. The number of ether oxygens (including phenoxy) is 2. The topological polar surface area (TPSA) is 18.5 Å². The van der Waals surface area contributed by atoms with Crippen LogP contribution in [0.5, 0.6) is 23.0 Å². The molecule has 0 saturated carbocycles. The molecule has 4 rings (SSSR count). The fourth-order valence-corrected chi connectivity index (χ4v) is 3.97. The van der Waals surface area contributed by atoms with Gasteiger partial charge in [-0.15, -0.1) is 0 Å². The van der Waals surface area contributed by atoms with Crippen molar-refractivity contribution in [2.75, 3.05) is 0 Å². The van der Waals surface area contributed by atoms with Crippen molar-refractivity contribution >= 4 is 0 Å². The molecule has 0 aliphatic heterocycles. The smallest absolute Gasteiger partial charge is 0.130 e. The van der Waals surface area contributed by atoms with Gasteiger partial charge in [0.1, 0.15) is 23.0 Å². The summed E-state index contributed by atoms with van der Waals surface area (Å²) in [6.07, 6.45) is 0. The first-order chi connectivity index (χ1) is 15.8. The van der Waals surface area contributed by atoms with Crippen molar-refractivity contribution in [1.82, 2.24) is 0 Å². The third-order valence-corrected chi connectivity index (χ3v) is 6.72. The van der Waals surface area contributed by atoms with Crippen LogP contribution in [-0.4, -0.2) is 0 Å². The van der Waals surface area contributed by atoms with Gasteiger partial charge in [-0.2, -0.15) is 0 Å². The van der Waals surface area contributed by atoms with Crippen LogP contribution in [0.25, 0.3) is 0 Å². The van der Waals surface area contributed by atoms with E-state index in [0.29, 0.717) is 0 Å². The zero-order chi connectivity index (χ0) is 23.6. The Hall–Kier alpha value is -3.52. The molecule has 0 heterocycles. The van der Waals surface area contributed by atoms with Gasteiger partial charge in [0.15, 0.2) is 0 Å². The van der Waals surface area contributed by atoms with E-state index >= 15 is 0 Å². The van der Waals surface area contributed by atoms with Crippen LogP contribution in [0.1, 0.15) is 47.2 Å². The van der Waals surface area contributed by atoms with E-state index in [-0.39, 0.29) is 5.41 Å². The van der Waals surface area contributed by atoms with Crippen LogP contribution >= 0.6 is 0 Å². The molecule has 0 aliphatic carbocycles. The number of benzene rings is 4. The lowest BCUT2D eigenvalue weighted by Crippen LogP contribution is -2.18. The molecule has 0 aliphatic rings. The lowest BCUT2D eigenvalue weighted by Gasteiger charge is -2.26. The summed E-state index contributed by atoms with van der Waals surface area (Å²) in [5.41, 5.74) is 7.13. The monoisotopic (exact) mass is 436 g/mol. The lowest BCUT2D eigenvalue weighted by atomic mass is 9.78. The molecule has 0 atom stereocenters. The first kappa shape index (κ1) is 22.7. The number of rotatable bonds is 6. The van der Waals surface area contributed by atoms with E-state index in [1.165, 1.54) is 33.4 Å². The van der Waals surface area contributed by atoms with Crippen LogP contribution in [0.3, 0.4) is 0 Å². The van der Waals surface area contributed by atoms with E-state index in [0.717, 1.165) is 23.0 Å². The molecule has 0 aromatic heterocycles. The van der Waals surface area contributed by atoms with Crippen LogP contribution in [0.15, 0.2) is 84.9 Å². The van der Waals surface area contributed by atoms with Crippen molar-refractivity contribution in [3.8, 4) is 23.0 Å². The zero-order valence-corrected chi connectivity index (χ0v) is 20.4. The van der Waals surface area contributed by atoms with Crippen molar-refractivity contribution in [1.29, 1.82) is 0 Å². The Bertz CT molecular complexity index is 1150. The standard InChI is InChI=1S/C31H32O2/c1-21-9-7-11-29(23(21)3)32-27-17-13-25(14-18-27)31(5,6)26-15-19-28(20-16-26)33-30-12-8-10-22(2)24(30)4/h7-20H,1-6H3. The molecule has 0 N–H and O–H groups in total. The average Bonchev–Trinajstić information content (AvgIpc) is 2.81. The fraction of sp³-hybridized carbons (Fsp3) is 0.226. The summed E-state index contributed by atoms with van der Waals surface area (Å²) in [4.78, 5) is 0. The van der Waals surface area contributed by atoms with Gasteiger partial charge in [-0.25, -0.2) is 0 Å². The SMILES string of the molecule is Cc1cccc(Oc2ccc(C(C)(C)c3ccc(Oc4cccc(C)c4C)cc3)cc2)c1C. The lowest BCUT2D eigenvalue weighted by molar-refractivity contribution is 0.477. The summed E-state index contributed by atoms with van der Waals surface area (Å²) < 4.78 is 12.3. The summed E-state index contributed by atoms with van der Waals surface area (Å²) in [5, 5.41) is 0. The van der Waals surface area contributed by atoms with Crippen LogP contribution in [0.2, 0.25) is 0 Å². The van der Waals surface area contributed by atoms with Crippen molar-refractivity contribution in [3.05, 3.63) is 118 Å². The van der Waals surface area contributed by atoms with E-state index in [1.54, 1.807) is 0 Å². The van der Waals surface area contributed by atoms with Crippen LogP contribution < -0.4 is 9.47 Å². The highest BCUT2D eigenvalue weighted by molar-refractivity contribution is 5.46. The highest BCUT2D eigenvalue weighted by atomic mass is 16.5. The van der Waals surface area contributed by atoms with Crippen LogP contribution in [-0.2, 0) is 5.41 Å². The van der Waals surface area contributed by atoms with Gasteiger partial charge in [0.05, 0.1) is 0 Å². The Labute approximate surface area is 197 Å². The van der Waals surface area contributed by atoms with E-state index in [1.807, 2.05) is 24.3 Å². The first-order valence-corrected chi connectivity index (χ1v) is 11.4.